The molecule has 19 heavy (non-hydrogen) atoms. The molecule has 4 atom stereocenters. The summed E-state index contributed by atoms with van der Waals surface area (Å²) in [5.74, 6) is -6.57. The smallest absolute Gasteiger partial charge is 0.312 e. The van der Waals surface area contributed by atoms with Crippen LogP contribution in [0.4, 0.5) is 8.78 Å². The van der Waals surface area contributed by atoms with Gasteiger partial charge in [-0.1, -0.05) is 6.92 Å². The second kappa shape index (κ2) is 6.38. The van der Waals surface area contributed by atoms with Crippen LogP contribution in [0.3, 0.4) is 0 Å². The fourth-order valence-corrected chi connectivity index (χ4v) is 1.96. The predicted molar refractivity (Wildman–Crippen MR) is 61.6 cm³/mol. The van der Waals surface area contributed by atoms with Gasteiger partial charge in [0.15, 0.2) is 0 Å². The summed E-state index contributed by atoms with van der Waals surface area (Å²) in [6, 6.07) is 0. The van der Waals surface area contributed by atoms with Crippen LogP contribution in [0.5, 0.6) is 0 Å². The van der Waals surface area contributed by atoms with E-state index in [1.54, 1.807) is 6.92 Å². The van der Waals surface area contributed by atoms with Gasteiger partial charge in [0, 0.05) is 6.42 Å². The zero-order valence-corrected chi connectivity index (χ0v) is 10.7. The molecule has 6 nitrogen and oxygen atoms in total. The van der Waals surface area contributed by atoms with E-state index in [1.807, 2.05) is 0 Å². The second-order valence-corrected chi connectivity index (χ2v) is 4.77. The molecule has 1 fully saturated rings. The van der Waals surface area contributed by atoms with Gasteiger partial charge in [-0.3, -0.25) is 0 Å². The highest BCUT2D eigenvalue weighted by molar-refractivity contribution is 4.97. The van der Waals surface area contributed by atoms with Crippen LogP contribution in [0.2, 0.25) is 0 Å². The summed E-state index contributed by atoms with van der Waals surface area (Å²) in [7, 11) is 0. The van der Waals surface area contributed by atoms with Crippen LogP contribution in [0.1, 0.15) is 19.8 Å². The van der Waals surface area contributed by atoms with Gasteiger partial charge in [-0.2, -0.15) is 8.78 Å². The molecule has 0 aromatic carbocycles. The number of ether oxygens (including phenoxy) is 1. The second-order valence-electron chi connectivity index (χ2n) is 4.77. The highest BCUT2D eigenvalue weighted by Crippen LogP contribution is 2.39. The fraction of sp³-hybridized carbons (Fsp3) is 1.00. The monoisotopic (exact) mass is 285 g/mol. The molecule has 0 amide bonds. The van der Waals surface area contributed by atoms with Crippen LogP contribution in [0, 0.1) is 0 Å². The molecule has 0 saturated carbocycles. The Kier molecular flexibility index (Phi) is 5.60. The number of hydrogen-bond donors (Lipinski definition) is 5. The largest absolute Gasteiger partial charge is 0.394 e. The zero-order valence-electron chi connectivity index (χ0n) is 10.7. The molecule has 0 radical (unpaired) electrons. The lowest BCUT2D eigenvalue weighted by molar-refractivity contribution is -0.375. The highest BCUT2D eigenvalue weighted by Gasteiger charge is 2.59. The highest BCUT2D eigenvalue weighted by atomic mass is 19.3. The summed E-state index contributed by atoms with van der Waals surface area (Å²) >= 11 is 0. The normalized spacial score (nSPS) is 36.5. The van der Waals surface area contributed by atoms with E-state index in [9.17, 15) is 24.1 Å². The van der Waals surface area contributed by atoms with Gasteiger partial charge in [0.25, 0.3) is 0 Å². The molecule has 1 aliphatic rings. The van der Waals surface area contributed by atoms with Gasteiger partial charge < -0.3 is 30.5 Å². The van der Waals surface area contributed by atoms with Gasteiger partial charge in [0.05, 0.1) is 19.3 Å². The first-order valence-corrected chi connectivity index (χ1v) is 6.23. The molecule has 1 rings (SSSR count). The first-order valence-electron chi connectivity index (χ1n) is 6.23. The van der Waals surface area contributed by atoms with Crippen molar-refractivity contribution in [1.29, 1.82) is 0 Å². The maximum Gasteiger partial charge on any atom is 0.312 e. The Bertz CT molecular complexity index is 294. The Morgan fingerprint density at radius 2 is 2.05 bits per heavy atom. The Hall–Kier alpha value is -0.380. The third kappa shape index (κ3) is 3.59. The number of aliphatic hydroxyl groups excluding tert-OH is 3. The van der Waals surface area contributed by atoms with Crippen molar-refractivity contribution < 1.29 is 33.9 Å². The van der Waals surface area contributed by atoms with Crippen molar-refractivity contribution in [3.63, 3.8) is 0 Å². The summed E-state index contributed by atoms with van der Waals surface area (Å²) in [5, 5.41) is 40.2. The number of alkyl halides is 2. The lowest BCUT2D eigenvalue weighted by Crippen LogP contribution is -2.65. The number of halogens is 2. The molecular weight excluding hydrogens is 264 g/mol. The number of nitrogens with one attached hydrogen (secondary N) is 1. The van der Waals surface area contributed by atoms with Crippen molar-refractivity contribution in [2.75, 3.05) is 19.7 Å². The van der Waals surface area contributed by atoms with Crippen molar-refractivity contribution in [3.8, 4) is 0 Å². The molecule has 1 saturated heterocycles. The van der Waals surface area contributed by atoms with Crippen molar-refractivity contribution >= 4 is 0 Å². The SMILES string of the molecule is CCCNCC(F)(F)C1(O)CC(O)[C@@H](O)[C@@H](CO)O1. The van der Waals surface area contributed by atoms with Crippen LogP contribution >= 0.6 is 0 Å². The minimum absolute atomic E-state index is 0.347. The molecule has 0 aliphatic carbocycles. The van der Waals surface area contributed by atoms with Gasteiger partial charge in [0.2, 0.25) is 5.79 Å². The number of rotatable bonds is 6. The minimum Gasteiger partial charge on any atom is -0.394 e. The summed E-state index contributed by atoms with van der Waals surface area (Å²) in [6.07, 6.45) is -4.73. The van der Waals surface area contributed by atoms with Gasteiger partial charge in [-0.25, -0.2) is 0 Å². The van der Waals surface area contributed by atoms with Gasteiger partial charge >= 0.3 is 5.92 Å². The van der Waals surface area contributed by atoms with Crippen LogP contribution < -0.4 is 5.32 Å². The van der Waals surface area contributed by atoms with Crippen LogP contribution in [0.15, 0.2) is 0 Å². The molecular formula is C11H21F2NO5. The molecule has 114 valence electrons. The zero-order chi connectivity index (χ0) is 14.7. The lowest BCUT2D eigenvalue weighted by Gasteiger charge is -2.45. The Morgan fingerprint density at radius 3 is 2.58 bits per heavy atom. The van der Waals surface area contributed by atoms with E-state index in [2.05, 4.69) is 5.32 Å². The fourth-order valence-electron chi connectivity index (χ4n) is 1.96. The van der Waals surface area contributed by atoms with E-state index in [4.69, 9.17) is 9.84 Å². The molecule has 2 unspecified atom stereocenters. The van der Waals surface area contributed by atoms with E-state index < -0.39 is 49.6 Å². The number of aliphatic hydroxyl groups is 4. The van der Waals surface area contributed by atoms with Crippen molar-refractivity contribution in [2.24, 2.45) is 0 Å². The molecule has 1 aliphatic heterocycles. The molecule has 0 spiro atoms. The first kappa shape index (κ1) is 16.7. The van der Waals surface area contributed by atoms with Crippen molar-refractivity contribution in [1.82, 2.24) is 5.32 Å². The third-order valence-electron chi connectivity index (χ3n) is 3.13. The summed E-state index contributed by atoms with van der Waals surface area (Å²) < 4.78 is 32.5. The molecule has 8 heteroatoms. The van der Waals surface area contributed by atoms with E-state index in [1.165, 1.54) is 0 Å². The lowest BCUT2D eigenvalue weighted by atomic mass is 9.91. The van der Waals surface area contributed by atoms with Crippen molar-refractivity contribution in [3.05, 3.63) is 0 Å². The summed E-state index contributed by atoms with van der Waals surface area (Å²) in [4.78, 5) is 0. The van der Waals surface area contributed by atoms with E-state index in [-0.39, 0.29) is 0 Å². The van der Waals surface area contributed by atoms with Gasteiger partial charge in [0.1, 0.15) is 12.2 Å². The van der Waals surface area contributed by atoms with Crippen LogP contribution in [-0.2, 0) is 4.74 Å². The summed E-state index contributed by atoms with van der Waals surface area (Å²) in [6.45, 7) is 0.552. The third-order valence-corrected chi connectivity index (χ3v) is 3.13. The molecule has 1 heterocycles. The quantitative estimate of drug-likeness (QED) is 0.393. The Morgan fingerprint density at radius 1 is 1.42 bits per heavy atom. The first-order chi connectivity index (χ1) is 8.77. The predicted octanol–water partition coefficient (Wildman–Crippen LogP) is -1.19. The van der Waals surface area contributed by atoms with Gasteiger partial charge in [-0.15, -0.1) is 0 Å². The Balaban J connectivity index is 2.77. The van der Waals surface area contributed by atoms with Crippen LogP contribution in [-0.4, -0.2) is 70.1 Å². The van der Waals surface area contributed by atoms with E-state index in [0.717, 1.165) is 0 Å². The molecule has 0 bridgehead atoms. The Labute approximate surface area is 110 Å². The van der Waals surface area contributed by atoms with E-state index >= 15 is 0 Å². The molecule has 0 aromatic heterocycles. The molecule has 5 N–H and O–H groups in total. The number of hydrogen-bond acceptors (Lipinski definition) is 6. The maximum atomic E-state index is 13.9. The maximum absolute atomic E-state index is 13.9. The average Bonchev–Trinajstić information content (AvgIpc) is 2.34. The minimum atomic E-state index is -3.66. The van der Waals surface area contributed by atoms with Gasteiger partial charge in [-0.05, 0) is 13.0 Å². The van der Waals surface area contributed by atoms with Crippen LogP contribution in [0.25, 0.3) is 0 Å². The summed E-state index contributed by atoms with van der Waals surface area (Å²) in [5.41, 5.74) is 0. The van der Waals surface area contributed by atoms with Crippen molar-refractivity contribution in [2.45, 2.75) is 49.8 Å². The average molecular weight is 285 g/mol. The standard InChI is InChI=1S/C11H21F2NO5/c1-2-3-14-6-10(12,13)11(18)4-7(16)9(17)8(5-15)19-11/h7-9,14-18H,2-6H2,1H3/t7?,8-,9-,11?/m1/s1. The molecule has 0 aromatic rings. The van der Waals surface area contributed by atoms with E-state index in [0.29, 0.717) is 13.0 Å². The topological polar surface area (TPSA) is 102 Å².